The van der Waals surface area contributed by atoms with E-state index >= 15 is 0 Å². The molecule has 1 N–H and O–H groups in total. The molecule has 11 nitrogen and oxygen atoms in total. The lowest BCUT2D eigenvalue weighted by molar-refractivity contribution is -0.0280. The van der Waals surface area contributed by atoms with Crippen molar-refractivity contribution in [3.8, 4) is 17.4 Å². The predicted molar refractivity (Wildman–Crippen MR) is 123 cm³/mol. The number of nitrogens with zero attached hydrogens (tertiary/aromatic N) is 5. The Balaban J connectivity index is 1.15. The van der Waals surface area contributed by atoms with Crippen LogP contribution in [0.4, 0.5) is 0 Å². The second-order valence-electron chi connectivity index (χ2n) is 8.19. The molecule has 180 valence electrons. The second kappa shape index (κ2) is 10.3. The molecule has 0 aromatic carbocycles. The number of rotatable bonds is 8. The van der Waals surface area contributed by atoms with Crippen molar-refractivity contribution in [1.29, 1.82) is 0 Å². The average molecular weight is 469 g/mol. The normalized spacial score (nSPS) is 18.2. The van der Waals surface area contributed by atoms with Gasteiger partial charge in [-0.1, -0.05) is 0 Å². The molecule has 0 aliphatic carbocycles. The number of fused-ring (bicyclic) bond motifs is 2. The highest BCUT2D eigenvalue weighted by atomic mass is 16.6. The minimum atomic E-state index is -0.174. The molecular formula is C23H28N6O5. The van der Waals surface area contributed by atoms with Crippen LogP contribution in [0.15, 0.2) is 35.4 Å². The Hall–Kier alpha value is -3.28. The lowest BCUT2D eigenvalue weighted by Gasteiger charge is -2.33. The Morgan fingerprint density at radius 2 is 2.00 bits per heavy atom. The van der Waals surface area contributed by atoms with E-state index < -0.39 is 0 Å². The van der Waals surface area contributed by atoms with Crippen LogP contribution in [0.3, 0.4) is 0 Å². The molecule has 34 heavy (non-hydrogen) atoms. The maximum absolute atomic E-state index is 12.5. The van der Waals surface area contributed by atoms with Gasteiger partial charge in [0.1, 0.15) is 18.7 Å². The molecule has 2 aliphatic rings. The SMILES string of the molecule is COc1ccc2ncc(=O)n(CCN3CCO[C@@H](CNCc4cc5c(cn4)OCCO5)C3)c2n1. The van der Waals surface area contributed by atoms with Gasteiger partial charge in [-0.2, -0.15) is 4.98 Å². The van der Waals surface area contributed by atoms with Gasteiger partial charge in [-0.05, 0) is 6.07 Å². The zero-order valence-corrected chi connectivity index (χ0v) is 19.1. The number of pyridine rings is 2. The standard InChI is InChI=1S/C23H28N6O5/c1-31-21-3-2-18-23(27-21)29(22(30)14-26-18)5-4-28-6-7-32-17(15-28)12-24-11-16-10-19-20(13-25-16)34-9-8-33-19/h2-3,10,13-14,17,24H,4-9,11-12,15H2,1H3/t17-/m0/s1. The molecule has 5 heterocycles. The van der Waals surface area contributed by atoms with Crippen molar-refractivity contribution in [3.05, 3.63) is 46.6 Å². The quantitative estimate of drug-likeness (QED) is 0.500. The molecule has 0 bridgehead atoms. The highest BCUT2D eigenvalue weighted by Crippen LogP contribution is 2.29. The highest BCUT2D eigenvalue weighted by Gasteiger charge is 2.21. The van der Waals surface area contributed by atoms with Gasteiger partial charge in [0.2, 0.25) is 5.88 Å². The van der Waals surface area contributed by atoms with Crippen molar-refractivity contribution >= 4 is 11.2 Å². The van der Waals surface area contributed by atoms with Crippen molar-refractivity contribution in [2.45, 2.75) is 19.2 Å². The first-order valence-electron chi connectivity index (χ1n) is 11.4. The molecule has 3 aromatic rings. The molecule has 0 radical (unpaired) electrons. The van der Waals surface area contributed by atoms with E-state index in [0.29, 0.717) is 68.8 Å². The molecule has 2 aliphatic heterocycles. The molecule has 0 unspecified atom stereocenters. The van der Waals surface area contributed by atoms with Crippen molar-refractivity contribution in [2.24, 2.45) is 0 Å². The fourth-order valence-corrected chi connectivity index (χ4v) is 4.15. The summed E-state index contributed by atoms with van der Waals surface area (Å²) in [6.45, 7) is 5.88. The Morgan fingerprint density at radius 3 is 2.88 bits per heavy atom. The van der Waals surface area contributed by atoms with Gasteiger partial charge in [0.25, 0.3) is 5.56 Å². The van der Waals surface area contributed by atoms with E-state index in [2.05, 4.69) is 25.2 Å². The smallest absolute Gasteiger partial charge is 0.270 e. The Morgan fingerprint density at radius 1 is 1.12 bits per heavy atom. The molecule has 5 rings (SSSR count). The molecule has 0 saturated carbocycles. The number of nitrogens with one attached hydrogen (secondary N) is 1. The van der Waals surface area contributed by atoms with Crippen molar-refractivity contribution < 1.29 is 18.9 Å². The van der Waals surface area contributed by atoms with Crippen LogP contribution in [0.25, 0.3) is 11.2 Å². The minimum Gasteiger partial charge on any atom is -0.486 e. The van der Waals surface area contributed by atoms with E-state index in [1.165, 1.54) is 6.20 Å². The van der Waals surface area contributed by atoms with Gasteiger partial charge in [-0.3, -0.25) is 19.2 Å². The third kappa shape index (κ3) is 5.11. The van der Waals surface area contributed by atoms with Crippen LogP contribution in [0.2, 0.25) is 0 Å². The largest absolute Gasteiger partial charge is 0.486 e. The predicted octanol–water partition coefficient (Wildman–Crippen LogP) is 0.457. The third-order valence-electron chi connectivity index (χ3n) is 5.90. The molecule has 3 aromatic heterocycles. The number of hydrogen-bond acceptors (Lipinski definition) is 10. The van der Waals surface area contributed by atoms with Crippen LogP contribution in [-0.4, -0.2) is 83.6 Å². The molecular weight excluding hydrogens is 440 g/mol. The van der Waals surface area contributed by atoms with Crippen LogP contribution in [0, 0.1) is 0 Å². The summed E-state index contributed by atoms with van der Waals surface area (Å²) in [5.74, 6) is 1.89. The van der Waals surface area contributed by atoms with E-state index in [-0.39, 0.29) is 11.7 Å². The van der Waals surface area contributed by atoms with E-state index in [9.17, 15) is 4.79 Å². The van der Waals surface area contributed by atoms with Crippen LogP contribution < -0.4 is 25.1 Å². The first-order valence-corrected chi connectivity index (χ1v) is 11.4. The fraction of sp³-hybridized carbons (Fsp3) is 0.478. The topological polar surface area (TPSA) is 113 Å². The molecule has 11 heteroatoms. The first-order chi connectivity index (χ1) is 16.7. The first kappa shape index (κ1) is 22.5. The molecule has 1 saturated heterocycles. The average Bonchev–Trinajstić information content (AvgIpc) is 2.88. The summed E-state index contributed by atoms with van der Waals surface area (Å²) < 4.78 is 23.9. The molecule has 0 spiro atoms. The van der Waals surface area contributed by atoms with Gasteiger partial charge in [0, 0.05) is 51.4 Å². The van der Waals surface area contributed by atoms with Crippen LogP contribution >= 0.6 is 0 Å². The summed E-state index contributed by atoms with van der Waals surface area (Å²) in [6.07, 6.45) is 3.10. The summed E-state index contributed by atoms with van der Waals surface area (Å²) >= 11 is 0. The summed E-state index contributed by atoms with van der Waals surface area (Å²) in [4.78, 5) is 27.8. The van der Waals surface area contributed by atoms with Gasteiger partial charge >= 0.3 is 0 Å². The molecule has 1 atom stereocenters. The van der Waals surface area contributed by atoms with Crippen LogP contribution in [0.5, 0.6) is 17.4 Å². The van der Waals surface area contributed by atoms with E-state index in [1.54, 1.807) is 23.9 Å². The number of hydrogen-bond donors (Lipinski definition) is 1. The van der Waals surface area contributed by atoms with Crippen molar-refractivity contribution in [3.63, 3.8) is 0 Å². The number of morpholine rings is 1. The van der Waals surface area contributed by atoms with E-state index in [4.69, 9.17) is 18.9 Å². The maximum atomic E-state index is 12.5. The Kier molecular flexibility index (Phi) is 6.84. The van der Waals surface area contributed by atoms with Gasteiger partial charge in [0.15, 0.2) is 17.1 Å². The van der Waals surface area contributed by atoms with Gasteiger partial charge < -0.3 is 24.3 Å². The highest BCUT2D eigenvalue weighted by molar-refractivity contribution is 5.70. The zero-order chi connectivity index (χ0) is 23.3. The number of methoxy groups -OCH3 is 1. The Bertz CT molecular complexity index is 1200. The van der Waals surface area contributed by atoms with Gasteiger partial charge in [-0.25, -0.2) is 4.98 Å². The zero-order valence-electron chi connectivity index (χ0n) is 19.1. The number of aromatic nitrogens is 4. The Labute approximate surface area is 196 Å². The van der Waals surface area contributed by atoms with Crippen molar-refractivity contribution in [2.75, 3.05) is 53.1 Å². The lowest BCUT2D eigenvalue weighted by atomic mass is 10.2. The van der Waals surface area contributed by atoms with Gasteiger partial charge in [-0.15, -0.1) is 0 Å². The maximum Gasteiger partial charge on any atom is 0.270 e. The summed E-state index contributed by atoms with van der Waals surface area (Å²) in [5.41, 5.74) is 1.91. The monoisotopic (exact) mass is 468 g/mol. The van der Waals surface area contributed by atoms with Crippen LogP contribution in [0.1, 0.15) is 5.69 Å². The summed E-state index contributed by atoms with van der Waals surface area (Å²) in [6, 6.07) is 5.46. The molecule has 0 amide bonds. The minimum absolute atomic E-state index is 0.0510. The summed E-state index contributed by atoms with van der Waals surface area (Å²) in [7, 11) is 1.55. The van der Waals surface area contributed by atoms with Gasteiger partial charge in [0.05, 0.1) is 37.9 Å². The second-order valence-corrected chi connectivity index (χ2v) is 8.19. The number of ether oxygens (including phenoxy) is 4. The molecule has 1 fully saturated rings. The lowest BCUT2D eigenvalue weighted by Crippen LogP contribution is -2.47. The van der Waals surface area contributed by atoms with E-state index in [0.717, 1.165) is 24.5 Å². The van der Waals surface area contributed by atoms with Crippen LogP contribution in [-0.2, 0) is 17.8 Å². The fourth-order valence-electron chi connectivity index (χ4n) is 4.15. The summed E-state index contributed by atoms with van der Waals surface area (Å²) in [5, 5.41) is 3.42. The third-order valence-corrected chi connectivity index (χ3v) is 5.90. The van der Waals surface area contributed by atoms with Crippen molar-refractivity contribution in [1.82, 2.24) is 29.7 Å². The van der Waals surface area contributed by atoms with E-state index in [1.807, 2.05) is 12.1 Å².